The Kier molecular flexibility index (Phi) is 4.42. The molecule has 7 heteroatoms. The molecule has 3 heterocycles. The summed E-state index contributed by atoms with van der Waals surface area (Å²) in [5.41, 5.74) is -0.634. The second kappa shape index (κ2) is 6.20. The van der Waals surface area contributed by atoms with E-state index in [-0.39, 0.29) is 17.9 Å². The van der Waals surface area contributed by atoms with Crippen molar-refractivity contribution in [2.45, 2.75) is 38.8 Å². The van der Waals surface area contributed by atoms with Gasteiger partial charge in [0, 0.05) is 38.3 Å². The number of nitrogens with zero attached hydrogens (tertiary/aromatic N) is 4. The number of carbonyl (C=O) groups is 2. The smallest absolute Gasteiger partial charge is 0.312 e. The summed E-state index contributed by atoms with van der Waals surface area (Å²) in [5, 5.41) is 3.09. The molecule has 1 spiro atoms. The van der Waals surface area contributed by atoms with Crippen LogP contribution >= 0.6 is 11.3 Å². The number of hydrogen-bond donors (Lipinski definition) is 0. The van der Waals surface area contributed by atoms with Gasteiger partial charge in [-0.1, -0.05) is 13.8 Å². The molecule has 0 saturated carbocycles. The monoisotopic (exact) mass is 336 g/mol. The van der Waals surface area contributed by atoms with Gasteiger partial charge in [-0.2, -0.15) is 0 Å². The maximum Gasteiger partial charge on any atom is 0.327 e. The number of imide groups is 1. The maximum atomic E-state index is 12.9. The van der Waals surface area contributed by atoms with Crippen LogP contribution in [0.25, 0.3) is 0 Å². The van der Waals surface area contributed by atoms with Crippen molar-refractivity contribution < 1.29 is 9.59 Å². The lowest BCUT2D eigenvalue weighted by molar-refractivity contribution is -0.135. The summed E-state index contributed by atoms with van der Waals surface area (Å²) in [7, 11) is 1.77. The molecule has 1 aromatic rings. The Balaban J connectivity index is 1.69. The van der Waals surface area contributed by atoms with Crippen molar-refractivity contribution in [1.29, 1.82) is 0 Å². The van der Waals surface area contributed by atoms with Crippen LogP contribution in [0, 0.1) is 5.92 Å². The Morgan fingerprint density at radius 2 is 2.00 bits per heavy atom. The first-order valence-corrected chi connectivity index (χ1v) is 9.02. The number of likely N-dealkylation sites (N-methyl/N-ethyl adjacent to an activating group) is 1. The van der Waals surface area contributed by atoms with Crippen LogP contribution in [0.5, 0.6) is 0 Å². The summed E-state index contributed by atoms with van der Waals surface area (Å²) in [5.74, 6) is 0.282. The molecule has 6 nitrogen and oxygen atoms in total. The van der Waals surface area contributed by atoms with Crippen LogP contribution in [-0.2, 0) is 11.3 Å². The van der Waals surface area contributed by atoms with Crippen LogP contribution in [-0.4, -0.2) is 63.8 Å². The zero-order valence-corrected chi connectivity index (χ0v) is 14.8. The number of thiazole rings is 1. The summed E-state index contributed by atoms with van der Waals surface area (Å²) in [6, 6.07) is -0.142. The number of aromatic nitrogens is 1. The van der Waals surface area contributed by atoms with E-state index in [4.69, 9.17) is 0 Å². The minimum absolute atomic E-state index is 0.00685. The van der Waals surface area contributed by atoms with Crippen LogP contribution in [0.15, 0.2) is 11.6 Å². The van der Waals surface area contributed by atoms with Crippen molar-refractivity contribution in [2.75, 3.05) is 26.7 Å². The lowest BCUT2D eigenvalue weighted by atomic mass is 9.86. The number of rotatable bonds is 4. The number of piperidine rings is 1. The topological polar surface area (TPSA) is 56.8 Å². The zero-order valence-electron chi connectivity index (χ0n) is 14.0. The minimum Gasteiger partial charge on any atom is -0.312 e. The number of hydrogen-bond acceptors (Lipinski definition) is 5. The number of likely N-dealkylation sites (tertiary alicyclic amines) is 1. The van der Waals surface area contributed by atoms with E-state index in [1.165, 1.54) is 4.90 Å². The lowest BCUT2D eigenvalue weighted by Crippen LogP contribution is -2.55. The molecule has 0 N–H and O–H groups in total. The van der Waals surface area contributed by atoms with Gasteiger partial charge in [-0.25, -0.2) is 9.78 Å². The second-order valence-electron chi connectivity index (χ2n) is 6.88. The molecule has 3 rings (SSSR count). The number of urea groups is 1. The van der Waals surface area contributed by atoms with E-state index in [9.17, 15) is 9.59 Å². The van der Waals surface area contributed by atoms with Crippen LogP contribution in [0.2, 0.25) is 0 Å². The SMILES string of the molecule is CC(C)CN1C(=O)N(C)C2(CCN(Cc3nccs3)CC2)C1=O. The van der Waals surface area contributed by atoms with Gasteiger partial charge in [-0.15, -0.1) is 11.3 Å². The van der Waals surface area contributed by atoms with E-state index < -0.39 is 5.54 Å². The molecular weight excluding hydrogens is 312 g/mol. The molecule has 2 aliphatic heterocycles. The predicted octanol–water partition coefficient (Wildman–Crippen LogP) is 2.03. The van der Waals surface area contributed by atoms with Gasteiger partial charge in [0.1, 0.15) is 10.5 Å². The molecule has 0 radical (unpaired) electrons. The molecule has 2 fully saturated rings. The van der Waals surface area contributed by atoms with Crippen molar-refractivity contribution in [3.63, 3.8) is 0 Å². The Bertz CT molecular complexity index is 579. The fraction of sp³-hybridized carbons (Fsp3) is 0.688. The normalized spacial score (nSPS) is 21.9. The lowest BCUT2D eigenvalue weighted by Gasteiger charge is -2.40. The van der Waals surface area contributed by atoms with Crippen LogP contribution in [0.1, 0.15) is 31.7 Å². The molecule has 126 valence electrons. The molecule has 2 saturated heterocycles. The Morgan fingerprint density at radius 1 is 1.30 bits per heavy atom. The Morgan fingerprint density at radius 3 is 2.57 bits per heavy atom. The van der Waals surface area contributed by atoms with E-state index in [1.54, 1.807) is 23.3 Å². The van der Waals surface area contributed by atoms with Crippen molar-refractivity contribution in [3.05, 3.63) is 16.6 Å². The summed E-state index contributed by atoms with van der Waals surface area (Å²) >= 11 is 1.66. The molecule has 0 unspecified atom stereocenters. The van der Waals surface area contributed by atoms with E-state index in [1.807, 2.05) is 25.4 Å². The van der Waals surface area contributed by atoms with Gasteiger partial charge in [0.25, 0.3) is 5.91 Å². The molecule has 23 heavy (non-hydrogen) atoms. The van der Waals surface area contributed by atoms with Crippen molar-refractivity contribution in [3.8, 4) is 0 Å². The van der Waals surface area contributed by atoms with E-state index in [0.29, 0.717) is 19.4 Å². The first-order valence-electron chi connectivity index (χ1n) is 8.14. The van der Waals surface area contributed by atoms with Crippen LogP contribution in [0.4, 0.5) is 4.79 Å². The molecule has 0 atom stereocenters. The van der Waals surface area contributed by atoms with E-state index in [2.05, 4.69) is 9.88 Å². The van der Waals surface area contributed by atoms with Crippen LogP contribution < -0.4 is 0 Å². The summed E-state index contributed by atoms with van der Waals surface area (Å²) in [6.07, 6.45) is 3.23. The van der Waals surface area contributed by atoms with Gasteiger partial charge in [0.2, 0.25) is 0 Å². The highest BCUT2D eigenvalue weighted by Crippen LogP contribution is 2.36. The summed E-state index contributed by atoms with van der Waals surface area (Å²) < 4.78 is 0. The van der Waals surface area contributed by atoms with Crippen molar-refractivity contribution in [2.24, 2.45) is 5.92 Å². The average Bonchev–Trinajstić information content (AvgIpc) is 3.08. The molecule has 1 aromatic heterocycles. The minimum atomic E-state index is -0.634. The molecule has 0 aliphatic carbocycles. The average molecular weight is 336 g/mol. The summed E-state index contributed by atoms with van der Waals surface area (Å²) in [4.78, 5) is 35.1. The van der Waals surface area contributed by atoms with Gasteiger partial charge in [-0.3, -0.25) is 14.6 Å². The molecule has 0 aromatic carbocycles. The Hall–Kier alpha value is -1.47. The highest BCUT2D eigenvalue weighted by Gasteiger charge is 2.56. The first kappa shape index (κ1) is 16.4. The molecule has 3 amide bonds. The molecular formula is C16H24N4O2S. The second-order valence-corrected chi connectivity index (χ2v) is 7.86. The van der Waals surface area contributed by atoms with Gasteiger partial charge in [-0.05, 0) is 18.8 Å². The number of carbonyl (C=O) groups excluding carboxylic acids is 2. The van der Waals surface area contributed by atoms with Crippen molar-refractivity contribution >= 4 is 23.3 Å². The van der Waals surface area contributed by atoms with Gasteiger partial charge < -0.3 is 4.90 Å². The summed E-state index contributed by atoms with van der Waals surface area (Å²) in [6.45, 7) is 7.03. The third kappa shape index (κ3) is 2.87. The van der Waals surface area contributed by atoms with Gasteiger partial charge in [0.15, 0.2) is 0 Å². The van der Waals surface area contributed by atoms with Gasteiger partial charge >= 0.3 is 6.03 Å². The fourth-order valence-corrected chi connectivity index (χ4v) is 4.18. The highest BCUT2D eigenvalue weighted by molar-refractivity contribution is 7.09. The van der Waals surface area contributed by atoms with Gasteiger partial charge in [0.05, 0.1) is 6.54 Å². The van der Waals surface area contributed by atoms with Crippen LogP contribution in [0.3, 0.4) is 0 Å². The Labute approximate surface area is 141 Å². The highest BCUT2D eigenvalue weighted by atomic mass is 32.1. The van der Waals surface area contributed by atoms with Crippen molar-refractivity contribution in [1.82, 2.24) is 19.7 Å². The predicted molar refractivity (Wildman–Crippen MR) is 89.1 cm³/mol. The third-order valence-electron chi connectivity index (χ3n) is 4.88. The van der Waals surface area contributed by atoms with E-state index >= 15 is 0 Å². The standard InChI is InChI=1S/C16H24N4O2S/c1-12(2)10-20-14(21)16(18(3)15(20)22)4-7-19(8-5-16)11-13-17-6-9-23-13/h6,9,12H,4-5,7-8,10-11H2,1-3H3. The quantitative estimate of drug-likeness (QED) is 0.790. The third-order valence-corrected chi connectivity index (χ3v) is 5.64. The first-order chi connectivity index (χ1) is 10.9. The molecule has 2 aliphatic rings. The van der Waals surface area contributed by atoms with E-state index in [0.717, 1.165) is 24.6 Å². The largest absolute Gasteiger partial charge is 0.327 e. The maximum absolute atomic E-state index is 12.9. The number of amides is 3. The fourth-order valence-electron chi connectivity index (χ4n) is 3.52. The molecule has 0 bridgehead atoms. The zero-order chi connectivity index (χ0) is 16.6.